The lowest BCUT2D eigenvalue weighted by Crippen LogP contribution is -2.08. The van der Waals surface area contributed by atoms with Gasteiger partial charge in [0.2, 0.25) is 0 Å². The van der Waals surface area contributed by atoms with E-state index in [4.69, 9.17) is 11.6 Å². The van der Waals surface area contributed by atoms with Crippen molar-refractivity contribution in [1.82, 2.24) is 0 Å². The molecule has 1 heteroatoms. The van der Waals surface area contributed by atoms with E-state index in [0.29, 0.717) is 0 Å². The van der Waals surface area contributed by atoms with E-state index in [1.165, 1.54) is 161 Å². The number of halogens is 1. The van der Waals surface area contributed by atoms with Gasteiger partial charge < -0.3 is 0 Å². The van der Waals surface area contributed by atoms with Gasteiger partial charge >= 0.3 is 0 Å². The van der Waals surface area contributed by atoms with Crippen LogP contribution in [-0.2, 0) is 0 Å². The van der Waals surface area contributed by atoms with Gasteiger partial charge in [0.15, 0.2) is 0 Å². The van der Waals surface area contributed by atoms with Crippen molar-refractivity contribution in [3.05, 3.63) is 0 Å². The largest absolute Gasteiger partial charge is 0.120 e. The molecule has 0 aliphatic rings. The lowest BCUT2D eigenvalue weighted by Gasteiger charge is -2.14. The zero-order valence-corrected chi connectivity index (χ0v) is 23.0. The molecule has 188 valence electrons. The fourth-order valence-corrected chi connectivity index (χ4v) is 4.82. The highest BCUT2D eigenvalue weighted by atomic mass is 35.5. The van der Waals surface area contributed by atoms with Crippen molar-refractivity contribution < 1.29 is 0 Å². The third-order valence-corrected chi connectivity index (χ3v) is 7.06. The number of rotatable bonds is 26. The van der Waals surface area contributed by atoms with E-state index >= 15 is 0 Å². The number of alkyl halides is 1. The quantitative estimate of drug-likeness (QED) is 0.0895. The molecule has 0 saturated heterocycles. The summed E-state index contributed by atoms with van der Waals surface area (Å²) < 4.78 is 0. The second-order valence-corrected chi connectivity index (χ2v) is 12.0. The summed E-state index contributed by atoms with van der Waals surface area (Å²) in [7, 11) is 0. The van der Waals surface area contributed by atoms with Crippen LogP contribution in [0.3, 0.4) is 0 Å². The molecule has 0 unspecified atom stereocenters. The van der Waals surface area contributed by atoms with Crippen LogP contribution in [0.25, 0.3) is 0 Å². The van der Waals surface area contributed by atoms with Crippen molar-refractivity contribution in [2.45, 2.75) is 193 Å². The molecule has 0 aromatic carbocycles. The minimum Gasteiger partial charge on any atom is -0.120 e. The maximum absolute atomic E-state index is 6.24. The van der Waals surface area contributed by atoms with Crippen LogP contribution in [0.5, 0.6) is 0 Å². The molecule has 0 spiro atoms. The lowest BCUT2D eigenvalue weighted by molar-refractivity contribution is 0.509. The van der Waals surface area contributed by atoms with Crippen molar-refractivity contribution in [2.24, 2.45) is 0 Å². The molecule has 0 aliphatic heterocycles. The summed E-state index contributed by atoms with van der Waals surface area (Å²) >= 11 is 6.24. The first kappa shape index (κ1) is 31.3. The summed E-state index contributed by atoms with van der Waals surface area (Å²) in [6.45, 7) is 6.57. The maximum atomic E-state index is 6.24. The van der Waals surface area contributed by atoms with E-state index in [2.05, 4.69) is 20.8 Å². The Balaban J connectivity index is 3.02. The van der Waals surface area contributed by atoms with Crippen molar-refractivity contribution >= 4 is 11.6 Å². The van der Waals surface area contributed by atoms with Gasteiger partial charge in [-0.1, -0.05) is 167 Å². The third kappa shape index (κ3) is 30.3. The lowest BCUT2D eigenvalue weighted by atomic mass is 10.0. The molecular weight excluding hydrogens is 396 g/mol. The molecule has 0 amide bonds. The molecule has 0 heterocycles. The van der Waals surface area contributed by atoms with Crippen LogP contribution in [0, 0.1) is 0 Å². The summed E-state index contributed by atoms with van der Waals surface area (Å²) in [6.07, 6.45) is 37.5. The van der Waals surface area contributed by atoms with Crippen LogP contribution in [0.4, 0.5) is 0 Å². The Labute approximate surface area is 204 Å². The fraction of sp³-hybridized carbons (Fsp3) is 1.00. The SMILES string of the molecule is CCCCCCCCCCCCCCCCCCCCCCCCCCCC(C)(C)Cl. The Bertz CT molecular complexity index is 317. The molecule has 0 saturated carbocycles. The second-order valence-electron chi connectivity index (χ2n) is 11.0. The zero-order chi connectivity index (χ0) is 22.9. The Kier molecular flexibility index (Phi) is 25.2. The van der Waals surface area contributed by atoms with Crippen LogP contribution in [0.2, 0.25) is 0 Å². The number of hydrogen-bond acceptors (Lipinski definition) is 0. The van der Waals surface area contributed by atoms with Gasteiger partial charge in [-0.05, 0) is 20.3 Å². The molecule has 31 heavy (non-hydrogen) atoms. The minimum absolute atomic E-state index is 0.00662. The van der Waals surface area contributed by atoms with Crippen LogP contribution >= 0.6 is 11.6 Å². The fourth-order valence-electron chi connectivity index (χ4n) is 4.68. The Morgan fingerprint density at radius 2 is 0.548 bits per heavy atom. The predicted molar refractivity (Wildman–Crippen MR) is 146 cm³/mol. The van der Waals surface area contributed by atoms with Gasteiger partial charge in [-0.15, -0.1) is 11.6 Å². The molecule has 0 aliphatic carbocycles. The van der Waals surface area contributed by atoms with Gasteiger partial charge in [-0.3, -0.25) is 0 Å². The molecule has 0 nitrogen and oxygen atoms in total. The Hall–Kier alpha value is 0.290. The third-order valence-electron chi connectivity index (χ3n) is 6.87. The van der Waals surface area contributed by atoms with Gasteiger partial charge in [0.05, 0.1) is 0 Å². The first-order valence-corrected chi connectivity index (χ1v) is 15.1. The molecule has 0 N–H and O–H groups in total. The van der Waals surface area contributed by atoms with Crippen LogP contribution in [0.1, 0.15) is 188 Å². The van der Waals surface area contributed by atoms with Crippen LogP contribution in [-0.4, -0.2) is 4.87 Å². The van der Waals surface area contributed by atoms with Gasteiger partial charge in [-0.25, -0.2) is 0 Å². The molecule has 0 rings (SSSR count). The average molecular weight is 457 g/mol. The monoisotopic (exact) mass is 456 g/mol. The maximum Gasteiger partial charge on any atom is 0.0390 e. The highest BCUT2D eigenvalue weighted by molar-refractivity contribution is 6.23. The van der Waals surface area contributed by atoms with E-state index in [-0.39, 0.29) is 4.87 Å². The molecule has 0 fully saturated rings. The topological polar surface area (TPSA) is 0 Å². The summed E-state index contributed by atoms with van der Waals surface area (Å²) in [5.41, 5.74) is 0. The van der Waals surface area contributed by atoms with E-state index in [1.54, 1.807) is 0 Å². The summed E-state index contributed by atoms with van der Waals surface area (Å²) in [4.78, 5) is 0.00662. The van der Waals surface area contributed by atoms with Crippen LogP contribution in [0.15, 0.2) is 0 Å². The first-order chi connectivity index (χ1) is 15.1. The van der Waals surface area contributed by atoms with E-state index in [0.717, 1.165) is 6.42 Å². The molecular formula is C30H61Cl. The van der Waals surface area contributed by atoms with Gasteiger partial charge in [0, 0.05) is 4.87 Å². The predicted octanol–water partition coefficient (Wildman–Crippen LogP) is 12.2. The van der Waals surface area contributed by atoms with Crippen molar-refractivity contribution in [3.63, 3.8) is 0 Å². The second kappa shape index (κ2) is 24.9. The minimum atomic E-state index is 0.00662. The first-order valence-electron chi connectivity index (χ1n) is 14.7. The zero-order valence-electron chi connectivity index (χ0n) is 22.3. The molecule has 0 aromatic heterocycles. The molecule has 0 radical (unpaired) electrons. The van der Waals surface area contributed by atoms with Gasteiger partial charge in [0.25, 0.3) is 0 Å². The molecule has 0 atom stereocenters. The summed E-state index contributed by atoms with van der Waals surface area (Å²) in [6, 6.07) is 0. The standard InChI is InChI=1S/C30H61Cl/c1-4-5-6-7-8-9-10-11-12-13-14-15-16-17-18-19-20-21-22-23-24-25-26-27-28-29-30(2,3)31/h4-29H2,1-3H3. The number of hydrogen-bond donors (Lipinski definition) is 0. The Morgan fingerprint density at radius 1 is 0.355 bits per heavy atom. The van der Waals surface area contributed by atoms with Crippen LogP contribution < -0.4 is 0 Å². The van der Waals surface area contributed by atoms with E-state index in [1.807, 2.05) is 0 Å². The highest BCUT2D eigenvalue weighted by Crippen LogP contribution is 2.22. The normalized spacial score (nSPS) is 12.0. The Morgan fingerprint density at radius 3 is 0.742 bits per heavy atom. The van der Waals surface area contributed by atoms with E-state index < -0.39 is 0 Å². The van der Waals surface area contributed by atoms with Gasteiger partial charge in [0.1, 0.15) is 0 Å². The summed E-state index contributed by atoms with van der Waals surface area (Å²) in [5.74, 6) is 0. The highest BCUT2D eigenvalue weighted by Gasteiger charge is 2.11. The van der Waals surface area contributed by atoms with Crippen molar-refractivity contribution in [1.29, 1.82) is 0 Å². The van der Waals surface area contributed by atoms with Crippen molar-refractivity contribution in [3.8, 4) is 0 Å². The number of unbranched alkanes of at least 4 members (excludes halogenated alkanes) is 24. The van der Waals surface area contributed by atoms with E-state index in [9.17, 15) is 0 Å². The molecule has 0 aromatic rings. The average Bonchev–Trinajstić information content (AvgIpc) is 2.73. The smallest absolute Gasteiger partial charge is 0.0390 e. The summed E-state index contributed by atoms with van der Waals surface area (Å²) in [5, 5.41) is 0. The van der Waals surface area contributed by atoms with Gasteiger partial charge in [-0.2, -0.15) is 0 Å². The molecule has 0 bridgehead atoms. The van der Waals surface area contributed by atoms with Crippen molar-refractivity contribution in [2.75, 3.05) is 0 Å².